The van der Waals surface area contributed by atoms with E-state index in [0.29, 0.717) is 6.42 Å². The first-order valence-corrected chi connectivity index (χ1v) is 15.6. The third-order valence-electron chi connectivity index (χ3n) is 8.09. The Labute approximate surface area is 272 Å². The summed E-state index contributed by atoms with van der Waals surface area (Å²) in [6.07, 6.45) is 5.58. The average Bonchev–Trinajstić information content (AvgIpc) is 3.06. The van der Waals surface area contributed by atoms with Crippen molar-refractivity contribution in [3.05, 3.63) is 174 Å². The molecule has 0 spiro atoms. The van der Waals surface area contributed by atoms with Gasteiger partial charge in [0.1, 0.15) is 11.8 Å². The number of allylic oxidation sites excluding steroid dienone is 2. The zero-order valence-electron chi connectivity index (χ0n) is 26.0. The standard InChI is InChI=1S/C22H18BF6.C17H17N/c1-2-3-13-23(20-14(24)7-4-8-15(20)25,21-16(26)9-5-10-17(21)27)22-18(28)11-6-12-19(22)29;1-4-10-16(11-5-1)12-6-3-9-15-18-17-13-7-2-8-14-17/h4-12H,2-3,13H2,1H3;1-14,18H,15H2/q-1;/p+1. The first-order valence-electron chi connectivity index (χ1n) is 15.6. The molecule has 5 aromatic rings. The summed E-state index contributed by atoms with van der Waals surface area (Å²) in [6.45, 7) is 2.72. The van der Waals surface area contributed by atoms with E-state index in [0.717, 1.165) is 61.1 Å². The Bertz CT molecular complexity index is 1610. The molecule has 2 N–H and O–H groups in total. The molecule has 0 fully saturated rings. The zero-order chi connectivity index (χ0) is 33.6. The Morgan fingerprint density at radius 1 is 0.532 bits per heavy atom. The van der Waals surface area contributed by atoms with Crippen molar-refractivity contribution in [1.82, 2.24) is 0 Å². The number of hydrogen-bond acceptors (Lipinski definition) is 0. The van der Waals surface area contributed by atoms with E-state index in [4.69, 9.17) is 0 Å². The predicted molar refractivity (Wildman–Crippen MR) is 181 cm³/mol. The molecule has 0 unspecified atom stereocenters. The monoisotopic (exact) mass is 643 g/mol. The normalized spacial score (nSPS) is 11.6. The van der Waals surface area contributed by atoms with Crippen LogP contribution in [0.15, 0.2) is 133 Å². The van der Waals surface area contributed by atoms with Crippen LogP contribution in [0.4, 0.5) is 32.0 Å². The van der Waals surface area contributed by atoms with E-state index in [1.54, 1.807) is 6.92 Å². The van der Waals surface area contributed by atoms with Crippen LogP contribution in [0.5, 0.6) is 0 Å². The Kier molecular flexibility index (Phi) is 12.8. The molecular weight excluding hydrogens is 607 g/mol. The van der Waals surface area contributed by atoms with Gasteiger partial charge in [0.25, 0.3) is 0 Å². The van der Waals surface area contributed by atoms with Gasteiger partial charge in [-0.2, -0.15) is 6.32 Å². The Morgan fingerprint density at radius 2 is 0.957 bits per heavy atom. The van der Waals surface area contributed by atoms with Crippen molar-refractivity contribution in [2.75, 3.05) is 6.54 Å². The maximum atomic E-state index is 15.0. The highest BCUT2D eigenvalue weighted by atomic mass is 19.2. The lowest BCUT2D eigenvalue weighted by atomic mass is 9.13. The number of unbranched alkanes of at least 4 members (excludes halogenated alkanes) is 1. The lowest BCUT2D eigenvalue weighted by Gasteiger charge is -2.43. The van der Waals surface area contributed by atoms with Gasteiger partial charge in [-0.1, -0.05) is 105 Å². The van der Waals surface area contributed by atoms with Crippen molar-refractivity contribution < 1.29 is 31.7 Å². The molecule has 5 aromatic carbocycles. The minimum atomic E-state index is -3.32. The second-order valence-corrected chi connectivity index (χ2v) is 11.1. The smallest absolute Gasteiger partial charge is 0.129 e. The fraction of sp³-hybridized carbons (Fsp3) is 0.128. The van der Waals surface area contributed by atoms with E-state index in [9.17, 15) is 26.3 Å². The number of nitrogens with two attached hydrogens (primary N) is 1. The number of benzene rings is 5. The van der Waals surface area contributed by atoms with Crippen molar-refractivity contribution in [1.29, 1.82) is 0 Å². The predicted octanol–water partition coefficient (Wildman–Crippen LogP) is 7.94. The minimum absolute atomic E-state index is 0.231. The topological polar surface area (TPSA) is 16.6 Å². The number of para-hydroxylation sites is 1. The maximum absolute atomic E-state index is 15.0. The van der Waals surface area contributed by atoms with Gasteiger partial charge in [-0.3, -0.25) is 0 Å². The fourth-order valence-electron chi connectivity index (χ4n) is 6.00. The third-order valence-corrected chi connectivity index (χ3v) is 8.09. The van der Waals surface area contributed by atoms with Gasteiger partial charge in [-0.15, -0.1) is 16.4 Å². The van der Waals surface area contributed by atoms with Crippen LogP contribution >= 0.6 is 0 Å². The third kappa shape index (κ3) is 8.71. The van der Waals surface area contributed by atoms with E-state index < -0.39 is 57.4 Å². The SMILES string of the molecule is C(C=Cc1ccccc1)=CC[NH2+]c1ccccc1.CCCC[B-](c1c(F)cccc1F)(c1c(F)cccc1F)c1c(F)cccc1F. The summed E-state index contributed by atoms with van der Waals surface area (Å²) < 4.78 is 89.7. The molecule has 8 heteroatoms. The van der Waals surface area contributed by atoms with Crippen LogP contribution in [0.1, 0.15) is 25.3 Å². The van der Waals surface area contributed by atoms with E-state index in [1.165, 1.54) is 11.3 Å². The van der Waals surface area contributed by atoms with Gasteiger partial charge in [0.05, 0.1) is 41.4 Å². The molecule has 0 aliphatic heterocycles. The van der Waals surface area contributed by atoms with E-state index in [-0.39, 0.29) is 12.7 Å². The van der Waals surface area contributed by atoms with Gasteiger partial charge < -0.3 is 5.32 Å². The van der Waals surface area contributed by atoms with Crippen LogP contribution in [0.2, 0.25) is 6.32 Å². The number of halogens is 6. The summed E-state index contributed by atoms with van der Waals surface area (Å²) in [6, 6.07) is 29.5. The summed E-state index contributed by atoms with van der Waals surface area (Å²) in [7, 11) is 0. The Morgan fingerprint density at radius 3 is 1.38 bits per heavy atom. The second-order valence-electron chi connectivity index (χ2n) is 11.1. The van der Waals surface area contributed by atoms with E-state index in [1.807, 2.05) is 24.3 Å². The van der Waals surface area contributed by atoms with Crippen LogP contribution < -0.4 is 21.7 Å². The van der Waals surface area contributed by atoms with Gasteiger partial charge >= 0.3 is 0 Å². The van der Waals surface area contributed by atoms with E-state index in [2.05, 4.69) is 66.0 Å². The van der Waals surface area contributed by atoms with Crippen LogP contribution in [0, 0.1) is 34.9 Å². The maximum Gasteiger partial charge on any atom is 0.129 e. The van der Waals surface area contributed by atoms with E-state index >= 15 is 0 Å². The molecule has 0 radical (unpaired) electrons. The molecule has 0 saturated carbocycles. The molecule has 0 aliphatic rings. The van der Waals surface area contributed by atoms with Crippen LogP contribution in [0.25, 0.3) is 6.08 Å². The lowest BCUT2D eigenvalue weighted by Crippen LogP contribution is -2.77. The highest BCUT2D eigenvalue weighted by Gasteiger charge is 2.41. The first-order chi connectivity index (χ1) is 22.8. The Hall–Kier alpha value is -4.82. The molecule has 0 amide bonds. The highest BCUT2D eigenvalue weighted by Crippen LogP contribution is 2.24. The summed E-state index contributed by atoms with van der Waals surface area (Å²) in [5.74, 6) is -6.71. The van der Waals surface area contributed by atoms with Crippen LogP contribution in [-0.2, 0) is 0 Å². The molecule has 0 atom stereocenters. The molecule has 5 rings (SSSR count). The summed E-state index contributed by atoms with van der Waals surface area (Å²) >= 11 is 0. The fourth-order valence-corrected chi connectivity index (χ4v) is 6.00. The molecule has 47 heavy (non-hydrogen) atoms. The van der Waals surface area contributed by atoms with Gasteiger partial charge in [0, 0.05) is 0 Å². The zero-order valence-corrected chi connectivity index (χ0v) is 26.0. The molecule has 0 aromatic heterocycles. The quantitative estimate of drug-likeness (QED) is 0.0652. The largest absolute Gasteiger partial charge is 0.311 e. The number of rotatable bonds is 11. The summed E-state index contributed by atoms with van der Waals surface area (Å²) in [5, 5.41) is 2.22. The van der Waals surface area contributed by atoms with Crippen molar-refractivity contribution >= 4 is 34.3 Å². The first kappa shape index (κ1) is 35.0. The molecule has 0 heterocycles. The van der Waals surface area contributed by atoms with Crippen LogP contribution in [-0.4, -0.2) is 12.7 Å². The van der Waals surface area contributed by atoms with Gasteiger partial charge in [0.15, 0.2) is 0 Å². The summed E-state index contributed by atoms with van der Waals surface area (Å²) in [4.78, 5) is 0. The van der Waals surface area contributed by atoms with Crippen molar-refractivity contribution in [3.63, 3.8) is 0 Å². The molecule has 1 nitrogen and oxygen atoms in total. The number of quaternary nitrogens is 1. The second kappa shape index (κ2) is 17.2. The molecule has 0 bridgehead atoms. The van der Waals surface area contributed by atoms with Crippen molar-refractivity contribution in [3.8, 4) is 0 Å². The average molecular weight is 644 g/mol. The molecule has 0 saturated heterocycles. The Balaban J connectivity index is 0.000000238. The van der Waals surface area contributed by atoms with Gasteiger partial charge in [-0.25, -0.2) is 26.3 Å². The molecule has 0 aliphatic carbocycles. The van der Waals surface area contributed by atoms with Gasteiger partial charge in [-0.05, 0) is 60.2 Å². The number of hydrogen-bond donors (Lipinski definition) is 1. The highest BCUT2D eigenvalue weighted by molar-refractivity contribution is 7.11. The lowest BCUT2D eigenvalue weighted by molar-refractivity contribution is -0.561. The molecular formula is C39H36BF6N. The summed E-state index contributed by atoms with van der Waals surface area (Å²) in [5.41, 5.74) is 0.320. The minimum Gasteiger partial charge on any atom is -0.311 e. The molecule has 242 valence electrons. The van der Waals surface area contributed by atoms with Crippen molar-refractivity contribution in [2.24, 2.45) is 0 Å². The van der Waals surface area contributed by atoms with Crippen molar-refractivity contribution in [2.45, 2.75) is 26.1 Å². The van der Waals surface area contributed by atoms with Crippen LogP contribution in [0.3, 0.4) is 0 Å². The van der Waals surface area contributed by atoms with Gasteiger partial charge in [0.2, 0.25) is 0 Å².